The highest BCUT2D eigenvalue weighted by Crippen LogP contribution is 2.28. The van der Waals surface area contributed by atoms with Crippen LogP contribution >= 0.6 is 0 Å². The van der Waals surface area contributed by atoms with Gasteiger partial charge in [0.15, 0.2) is 0 Å². The standard InChI is InChI=1S/C16H23NO3/c18-14(10-9-13-7-3-1-4-8-13)17-16(15(19)20)11-5-2-6-12-16/h13H,1-8,11-12H2,(H,17,18)(H,19,20). The summed E-state index contributed by atoms with van der Waals surface area (Å²) in [5, 5.41) is 12.1. The van der Waals surface area contributed by atoms with Gasteiger partial charge in [-0.25, -0.2) is 4.79 Å². The molecule has 2 aliphatic carbocycles. The summed E-state index contributed by atoms with van der Waals surface area (Å²) < 4.78 is 0. The predicted octanol–water partition coefficient (Wildman–Crippen LogP) is 2.47. The number of carbonyl (C=O) groups is 2. The molecule has 2 aliphatic rings. The molecule has 0 unspecified atom stereocenters. The molecule has 2 N–H and O–H groups in total. The molecule has 0 heterocycles. The summed E-state index contributed by atoms with van der Waals surface area (Å²) in [5.74, 6) is 4.58. The summed E-state index contributed by atoms with van der Waals surface area (Å²) in [4.78, 5) is 23.4. The molecule has 2 saturated carbocycles. The van der Waals surface area contributed by atoms with Crippen LogP contribution in [0.2, 0.25) is 0 Å². The Bertz CT molecular complexity index is 421. The van der Waals surface area contributed by atoms with Gasteiger partial charge in [0.05, 0.1) is 0 Å². The molecule has 2 rings (SSSR count). The lowest BCUT2D eigenvalue weighted by Crippen LogP contribution is -2.55. The number of carboxylic acids is 1. The van der Waals surface area contributed by atoms with E-state index in [0.717, 1.165) is 32.1 Å². The van der Waals surface area contributed by atoms with Crippen LogP contribution in [0, 0.1) is 17.8 Å². The highest BCUT2D eigenvalue weighted by molar-refractivity contribution is 5.97. The third-order valence-electron chi connectivity index (χ3n) is 4.46. The van der Waals surface area contributed by atoms with Crippen molar-refractivity contribution in [1.82, 2.24) is 5.32 Å². The van der Waals surface area contributed by atoms with E-state index in [2.05, 4.69) is 17.2 Å². The van der Waals surface area contributed by atoms with Crippen molar-refractivity contribution in [2.75, 3.05) is 0 Å². The first-order valence-corrected chi connectivity index (χ1v) is 7.69. The molecule has 0 atom stereocenters. The van der Waals surface area contributed by atoms with E-state index < -0.39 is 17.4 Å². The van der Waals surface area contributed by atoms with Crippen LogP contribution in [0.5, 0.6) is 0 Å². The topological polar surface area (TPSA) is 66.4 Å². The van der Waals surface area contributed by atoms with Crippen LogP contribution in [-0.4, -0.2) is 22.5 Å². The number of nitrogens with one attached hydrogen (secondary N) is 1. The van der Waals surface area contributed by atoms with E-state index >= 15 is 0 Å². The summed E-state index contributed by atoms with van der Waals surface area (Å²) in [5.41, 5.74) is -1.09. The maximum absolute atomic E-state index is 11.9. The molecular weight excluding hydrogens is 254 g/mol. The smallest absolute Gasteiger partial charge is 0.329 e. The average molecular weight is 277 g/mol. The number of amides is 1. The summed E-state index contributed by atoms with van der Waals surface area (Å²) in [6, 6.07) is 0. The Morgan fingerprint density at radius 3 is 2.20 bits per heavy atom. The van der Waals surface area contributed by atoms with Crippen LogP contribution < -0.4 is 5.32 Å². The molecule has 0 saturated heterocycles. The molecule has 0 spiro atoms. The van der Waals surface area contributed by atoms with E-state index in [-0.39, 0.29) is 0 Å². The van der Waals surface area contributed by atoms with Crippen molar-refractivity contribution < 1.29 is 14.7 Å². The second-order valence-corrected chi connectivity index (χ2v) is 6.01. The molecule has 0 aromatic carbocycles. The molecule has 20 heavy (non-hydrogen) atoms. The van der Waals surface area contributed by atoms with Gasteiger partial charge in [0.2, 0.25) is 0 Å². The summed E-state index contributed by atoms with van der Waals surface area (Å²) >= 11 is 0. The minimum Gasteiger partial charge on any atom is -0.480 e. The van der Waals surface area contributed by atoms with Crippen LogP contribution in [0.3, 0.4) is 0 Å². The molecule has 4 heteroatoms. The van der Waals surface area contributed by atoms with Crippen LogP contribution in [0.1, 0.15) is 64.2 Å². The summed E-state index contributed by atoms with van der Waals surface area (Å²) in [6.45, 7) is 0. The molecular formula is C16H23NO3. The maximum Gasteiger partial charge on any atom is 0.329 e. The van der Waals surface area contributed by atoms with Crippen molar-refractivity contribution >= 4 is 11.9 Å². The largest absolute Gasteiger partial charge is 0.480 e. The Kier molecular flexibility index (Phi) is 5.05. The fourth-order valence-electron chi connectivity index (χ4n) is 3.21. The van der Waals surface area contributed by atoms with Crippen molar-refractivity contribution in [3.05, 3.63) is 0 Å². The molecule has 2 fully saturated rings. The predicted molar refractivity (Wildman–Crippen MR) is 75.9 cm³/mol. The summed E-state index contributed by atoms with van der Waals surface area (Å²) in [7, 11) is 0. The average Bonchev–Trinajstić information content (AvgIpc) is 2.47. The van der Waals surface area contributed by atoms with E-state index in [0.29, 0.717) is 18.8 Å². The van der Waals surface area contributed by atoms with Gasteiger partial charge in [0.25, 0.3) is 5.91 Å². The van der Waals surface area contributed by atoms with Crippen molar-refractivity contribution in [2.24, 2.45) is 5.92 Å². The third kappa shape index (κ3) is 3.75. The lowest BCUT2D eigenvalue weighted by Gasteiger charge is -2.33. The molecule has 0 bridgehead atoms. The molecule has 0 aliphatic heterocycles. The normalized spacial score (nSPS) is 22.4. The third-order valence-corrected chi connectivity index (χ3v) is 4.46. The van der Waals surface area contributed by atoms with Gasteiger partial charge < -0.3 is 10.4 Å². The minimum atomic E-state index is -1.09. The van der Waals surface area contributed by atoms with Crippen LogP contribution in [0.15, 0.2) is 0 Å². The molecule has 0 aromatic rings. The minimum absolute atomic E-state index is 0.307. The van der Waals surface area contributed by atoms with Gasteiger partial charge in [-0.05, 0) is 31.6 Å². The van der Waals surface area contributed by atoms with E-state index in [4.69, 9.17) is 0 Å². The Morgan fingerprint density at radius 2 is 1.60 bits per heavy atom. The lowest BCUT2D eigenvalue weighted by molar-refractivity contribution is -0.148. The van der Waals surface area contributed by atoms with E-state index in [1.54, 1.807) is 0 Å². The number of aliphatic carboxylic acids is 1. The number of hydrogen-bond acceptors (Lipinski definition) is 2. The van der Waals surface area contributed by atoms with Crippen LogP contribution in [-0.2, 0) is 9.59 Å². The summed E-state index contributed by atoms with van der Waals surface area (Å²) in [6.07, 6.45) is 9.50. The van der Waals surface area contributed by atoms with Gasteiger partial charge in [-0.2, -0.15) is 0 Å². The molecule has 0 aromatic heterocycles. The quantitative estimate of drug-likeness (QED) is 0.762. The first-order chi connectivity index (χ1) is 9.62. The second-order valence-electron chi connectivity index (χ2n) is 6.01. The molecule has 4 nitrogen and oxygen atoms in total. The number of hydrogen-bond donors (Lipinski definition) is 2. The van der Waals surface area contributed by atoms with E-state index in [1.807, 2.05) is 0 Å². The molecule has 0 radical (unpaired) electrons. The zero-order valence-corrected chi connectivity index (χ0v) is 11.9. The van der Waals surface area contributed by atoms with Crippen molar-refractivity contribution in [2.45, 2.75) is 69.7 Å². The van der Waals surface area contributed by atoms with E-state index in [1.165, 1.54) is 19.3 Å². The molecule has 1 amide bonds. The Balaban J connectivity index is 1.94. The van der Waals surface area contributed by atoms with Crippen molar-refractivity contribution in [3.63, 3.8) is 0 Å². The zero-order chi connectivity index (χ0) is 14.4. The van der Waals surface area contributed by atoms with Crippen LogP contribution in [0.4, 0.5) is 0 Å². The highest BCUT2D eigenvalue weighted by atomic mass is 16.4. The Labute approximate surface area is 120 Å². The van der Waals surface area contributed by atoms with Crippen molar-refractivity contribution in [1.29, 1.82) is 0 Å². The Morgan fingerprint density at radius 1 is 1.00 bits per heavy atom. The van der Waals surface area contributed by atoms with Gasteiger partial charge in [-0.1, -0.05) is 44.4 Å². The number of carbonyl (C=O) groups excluding carboxylic acids is 1. The second kappa shape index (κ2) is 6.78. The SMILES string of the molecule is O=C(C#CC1CCCCC1)NC1(C(=O)O)CCCCC1. The first kappa shape index (κ1) is 14.9. The highest BCUT2D eigenvalue weighted by Gasteiger charge is 2.40. The van der Waals surface area contributed by atoms with Crippen molar-refractivity contribution in [3.8, 4) is 11.8 Å². The first-order valence-electron chi connectivity index (χ1n) is 7.69. The van der Waals surface area contributed by atoms with Gasteiger partial charge in [-0.15, -0.1) is 0 Å². The van der Waals surface area contributed by atoms with Gasteiger partial charge in [0, 0.05) is 5.92 Å². The lowest BCUT2D eigenvalue weighted by atomic mass is 9.81. The number of rotatable bonds is 2. The zero-order valence-electron chi connectivity index (χ0n) is 11.9. The maximum atomic E-state index is 11.9. The Hall–Kier alpha value is -1.50. The van der Waals surface area contributed by atoms with Gasteiger partial charge >= 0.3 is 5.97 Å². The van der Waals surface area contributed by atoms with Gasteiger partial charge in [0.1, 0.15) is 5.54 Å². The fraction of sp³-hybridized carbons (Fsp3) is 0.750. The van der Waals surface area contributed by atoms with Crippen LogP contribution in [0.25, 0.3) is 0 Å². The van der Waals surface area contributed by atoms with Gasteiger partial charge in [-0.3, -0.25) is 4.79 Å². The fourth-order valence-corrected chi connectivity index (χ4v) is 3.21. The number of carboxylic acid groups (broad SMARTS) is 1. The molecule has 110 valence electrons. The van der Waals surface area contributed by atoms with E-state index in [9.17, 15) is 14.7 Å². The monoisotopic (exact) mass is 277 g/mol.